The minimum absolute atomic E-state index is 0.0720. The van der Waals surface area contributed by atoms with E-state index in [1.54, 1.807) is 0 Å². The van der Waals surface area contributed by atoms with Crippen LogP contribution in [0.1, 0.15) is 367 Å². The van der Waals surface area contributed by atoms with Crippen molar-refractivity contribution in [2.24, 2.45) is 0 Å². The highest BCUT2D eigenvalue weighted by Crippen LogP contribution is 2.18. The van der Waals surface area contributed by atoms with Crippen LogP contribution in [-0.2, 0) is 28.6 Å². The molecule has 0 aromatic carbocycles. The van der Waals surface area contributed by atoms with E-state index in [1.165, 1.54) is 231 Å². The molecular weight excluding hydrogens is 1020 g/mol. The molecule has 6 heteroatoms. The molecule has 0 N–H and O–H groups in total. The van der Waals surface area contributed by atoms with Crippen LogP contribution in [0.15, 0.2) is 85.1 Å². The molecule has 0 saturated carbocycles. The molecule has 0 radical (unpaired) electrons. The molecular formula is C77H136O6. The van der Waals surface area contributed by atoms with Crippen LogP contribution >= 0.6 is 0 Å². The number of esters is 3. The van der Waals surface area contributed by atoms with E-state index in [9.17, 15) is 14.4 Å². The molecule has 480 valence electrons. The summed E-state index contributed by atoms with van der Waals surface area (Å²) >= 11 is 0. The number of hydrogen-bond acceptors (Lipinski definition) is 6. The second-order valence-corrected chi connectivity index (χ2v) is 24.1. The number of carbonyl (C=O) groups excluding carboxylic acids is 3. The lowest BCUT2D eigenvalue weighted by atomic mass is 10.0. The first-order valence-electron chi connectivity index (χ1n) is 36.1. The Labute approximate surface area is 515 Å². The van der Waals surface area contributed by atoms with Crippen LogP contribution in [0.5, 0.6) is 0 Å². The maximum absolute atomic E-state index is 12.9. The number of unbranched alkanes of at least 4 members (excludes halogenated alkanes) is 41. The lowest BCUT2D eigenvalue weighted by molar-refractivity contribution is -0.167. The second kappa shape index (κ2) is 71.1. The molecule has 0 aromatic heterocycles. The fraction of sp³-hybridized carbons (Fsp3) is 0.779. The monoisotopic (exact) mass is 1160 g/mol. The Hall–Kier alpha value is -3.41. The normalized spacial score (nSPS) is 12.6. The van der Waals surface area contributed by atoms with Crippen molar-refractivity contribution in [2.45, 2.75) is 374 Å². The highest BCUT2D eigenvalue weighted by molar-refractivity contribution is 5.71. The van der Waals surface area contributed by atoms with Crippen molar-refractivity contribution in [1.82, 2.24) is 0 Å². The maximum atomic E-state index is 12.9. The van der Waals surface area contributed by atoms with Crippen molar-refractivity contribution in [3.63, 3.8) is 0 Å². The summed E-state index contributed by atoms with van der Waals surface area (Å²) in [6, 6.07) is 0. The van der Waals surface area contributed by atoms with Crippen molar-refractivity contribution >= 4 is 17.9 Å². The highest BCUT2D eigenvalue weighted by Gasteiger charge is 2.19. The molecule has 6 nitrogen and oxygen atoms in total. The average molecular weight is 1160 g/mol. The molecule has 0 spiro atoms. The first kappa shape index (κ1) is 79.6. The van der Waals surface area contributed by atoms with Crippen molar-refractivity contribution in [1.29, 1.82) is 0 Å². The van der Waals surface area contributed by atoms with E-state index >= 15 is 0 Å². The van der Waals surface area contributed by atoms with Gasteiger partial charge in [0, 0.05) is 19.3 Å². The van der Waals surface area contributed by atoms with Crippen molar-refractivity contribution in [2.75, 3.05) is 13.2 Å². The average Bonchev–Trinajstić information content (AvgIpc) is 3.48. The number of ether oxygens (including phenoxy) is 3. The highest BCUT2D eigenvalue weighted by atomic mass is 16.6. The topological polar surface area (TPSA) is 78.9 Å². The molecule has 0 fully saturated rings. The summed E-state index contributed by atoms with van der Waals surface area (Å²) in [5.74, 6) is -0.856. The lowest BCUT2D eigenvalue weighted by Crippen LogP contribution is -2.30. The molecule has 83 heavy (non-hydrogen) atoms. The van der Waals surface area contributed by atoms with E-state index in [-0.39, 0.29) is 31.1 Å². The van der Waals surface area contributed by atoms with Gasteiger partial charge < -0.3 is 14.2 Å². The van der Waals surface area contributed by atoms with Crippen LogP contribution in [0.25, 0.3) is 0 Å². The number of carbonyl (C=O) groups is 3. The van der Waals surface area contributed by atoms with Crippen LogP contribution in [0, 0.1) is 0 Å². The van der Waals surface area contributed by atoms with Crippen molar-refractivity contribution in [3.05, 3.63) is 85.1 Å². The Balaban J connectivity index is 4.20. The van der Waals surface area contributed by atoms with Crippen LogP contribution in [0.2, 0.25) is 0 Å². The summed E-state index contributed by atoms with van der Waals surface area (Å²) in [6.45, 7) is 6.57. The Morgan fingerprint density at radius 1 is 0.253 bits per heavy atom. The molecule has 0 aliphatic rings. The predicted octanol–water partition coefficient (Wildman–Crippen LogP) is 25.0. The fourth-order valence-corrected chi connectivity index (χ4v) is 10.5. The molecule has 1 unspecified atom stereocenters. The molecule has 1 atom stereocenters. The number of hydrogen-bond donors (Lipinski definition) is 0. The maximum Gasteiger partial charge on any atom is 0.306 e. The third kappa shape index (κ3) is 69.3. The quantitative estimate of drug-likeness (QED) is 0.0261. The second-order valence-electron chi connectivity index (χ2n) is 24.1. The molecule has 0 amide bonds. The van der Waals surface area contributed by atoms with E-state index < -0.39 is 6.10 Å². The van der Waals surface area contributed by atoms with Gasteiger partial charge in [-0.1, -0.05) is 337 Å². The van der Waals surface area contributed by atoms with Crippen LogP contribution in [-0.4, -0.2) is 37.2 Å². The molecule has 0 saturated heterocycles. The lowest BCUT2D eigenvalue weighted by Gasteiger charge is -2.18. The van der Waals surface area contributed by atoms with Gasteiger partial charge in [-0.25, -0.2) is 0 Å². The predicted molar refractivity (Wildman–Crippen MR) is 362 cm³/mol. The van der Waals surface area contributed by atoms with Gasteiger partial charge in [-0.15, -0.1) is 0 Å². The molecule has 0 rings (SSSR count). The zero-order valence-corrected chi connectivity index (χ0v) is 55.2. The molecule has 0 aliphatic heterocycles. The van der Waals surface area contributed by atoms with Crippen molar-refractivity contribution in [3.8, 4) is 0 Å². The summed E-state index contributed by atoms with van der Waals surface area (Å²) in [5, 5.41) is 0. The zero-order valence-electron chi connectivity index (χ0n) is 55.2. The first-order valence-corrected chi connectivity index (χ1v) is 36.1. The SMILES string of the molecule is CC/C=C\C/C=C\C/C=C\C/C=C\C/C=C\C/C=C\CCCCCCCCCCCCCCC(=O)OCC(COC(=O)CCCCCCCCCCCCC)OC(=O)CCCCCCCCCCCCC/C=C\CCCCCCCCCC. The number of allylic oxidation sites excluding steroid dienone is 14. The van der Waals surface area contributed by atoms with Gasteiger partial charge in [0.05, 0.1) is 0 Å². The Bertz CT molecular complexity index is 1570. The van der Waals surface area contributed by atoms with E-state index in [2.05, 4.69) is 106 Å². The minimum atomic E-state index is -0.776. The Morgan fingerprint density at radius 2 is 0.470 bits per heavy atom. The van der Waals surface area contributed by atoms with Gasteiger partial charge in [-0.05, 0) is 96.3 Å². The molecule has 0 bridgehead atoms. The Morgan fingerprint density at radius 3 is 0.747 bits per heavy atom. The summed E-state index contributed by atoms with van der Waals surface area (Å²) in [5.41, 5.74) is 0. The van der Waals surface area contributed by atoms with Gasteiger partial charge in [0.2, 0.25) is 0 Å². The fourth-order valence-electron chi connectivity index (χ4n) is 10.5. The largest absolute Gasteiger partial charge is 0.462 e. The molecule has 0 heterocycles. The van der Waals surface area contributed by atoms with Crippen LogP contribution in [0.3, 0.4) is 0 Å². The summed E-state index contributed by atoms with van der Waals surface area (Å²) in [4.78, 5) is 38.4. The van der Waals surface area contributed by atoms with E-state index in [0.717, 1.165) is 96.3 Å². The minimum Gasteiger partial charge on any atom is -0.462 e. The molecule has 0 aromatic rings. The van der Waals surface area contributed by atoms with E-state index in [0.29, 0.717) is 19.3 Å². The van der Waals surface area contributed by atoms with Gasteiger partial charge in [-0.3, -0.25) is 14.4 Å². The summed E-state index contributed by atoms with van der Waals surface area (Å²) < 4.78 is 17.0. The standard InChI is InChI=1S/C77H136O6/c1-4-7-10-13-16-19-22-24-26-28-30-32-34-35-36-37-38-39-40-41-43-44-46-48-50-52-55-58-61-64-67-70-76(79)82-73-74(72-81-75(78)69-66-63-60-57-54-21-18-15-12-9-6-3)83-77(80)71-68-65-62-59-56-53-51-49-47-45-42-33-31-29-27-25-23-20-17-14-11-8-5-2/h7,10,16,19,24,26,29-32,35-36,38-39,74H,4-6,8-9,11-15,17-18,20-23,25,27-28,33-34,37,40-73H2,1-3H3/b10-7-,19-16-,26-24-,31-29-,32-30-,36-35-,39-38-. The van der Waals surface area contributed by atoms with Gasteiger partial charge in [0.1, 0.15) is 13.2 Å². The zero-order chi connectivity index (χ0) is 59.9. The van der Waals surface area contributed by atoms with Gasteiger partial charge >= 0.3 is 17.9 Å². The van der Waals surface area contributed by atoms with Gasteiger partial charge in [0.15, 0.2) is 6.10 Å². The first-order chi connectivity index (χ1) is 41.0. The van der Waals surface area contributed by atoms with Gasteiger partial charge in [-0.2, -0.15) is 0 Å². The van der Waals surface area contributed by atoms with Crippen molar-refractivity contribution < 1.29 is 28.6 Å². The summed E-state index contributed by atoms with van der Waals surface area (Å²) in [6.07, 6.45) is 94.7. The van der Waals surface area contributed by atoms with Crippen LogP contribution < -0.4 is 0 Å². The van der Waals surface area contributed by atoms with E-state index in [1.807, 2.05) is 0 Å². The van der Waals surface area contributed by atoms with Crippen LogP contribution in [0.4, 0.5) is 0 Å². The van der Waals surface area contributed by atoms with E-state index in [4.69, 9.17) is 14.2 Å². The summed E-state index contributed by atoms with van der Waals surface area (Å²) in [7, 11) is 0. The smallest absolute Gasteiger partial charge is 0.306 e. The third-order valence-corrected chi connectivity index (χ3v) is 15.9. The molecule has 0 aliphatic carbocycles. The third-order valence-electron chi connectivity index (χ3n) is 15.9. The number of rotatable bonds is 66. The Kier molecular flexibility index (Phi) is 68.2. The van der Waals surface area contributed by atoms with Gasteiger partial charge in [0.25, 0.3) is 0 Å².